The Balaban J connectivity index is 1.34. The van der Waals surface area contributed by atoms with Crippen LogP contribution in [0.5, 0.6) is 0 Å². The standard InChI is InChI=1S/C19H20FN3O3/c20-14-6-4-13(5-7-14)3-1-2-10-21-12-18(24)22-15-8-9-16-17(11-15)26-19(25)23-16/h4-9,11,21H,1-3,10,12H2,(H,22,24)(H,23,25). The maximum Gasteiger partial charge on any atom is 0.417 e. The van der Waals surface area contributed by atoms with E-state index in [0.29, 0.717) is 16.8 Å². The molecule has 1 heterocycles. The van der Waals surface area contributed by atoms with Crippen LogP contribution in [-0.2, 0) is 11.2 Å². The third-order valence-electron chi connectivity index (χ3n) is 3.97. The van der Waals surface area contributed by atoms with Gasteiger partial charge in [-0.25, -0.2) is 9.18 Å². The van der Waals surface area contributed by atoms with Crippen LogP contribution in [0.1, 0.15) is 18.4 Å². The fourth-order valence-corrected chi connectivity index (χ4v) is 2.66. The van der Waals surface area contributed by atoms with Gasteiger partial charge in [0.05, 0.1) is 12.1 Å². The third kappa shape index (κ3) is 5.03. The van der Waals surface area contributed by atoms with Gasteiger partial charge in [0, 0.05) is 11.8 Å². The van der Waals surface area contributed by atoms with E-state index in [0.717, 1.165) is 31.4 Å². The van der Waals surface area contributed by atoms with Crippen molar-refractivity contribution in [1.29, 1.82) is 0 Å². The van der Waals surface area contributed by atoms with Gasteiger partial charge in [0.1, 0.15) is 5.82 Å². The highest BCUT2D eigenvalue weighted by Gasteiger charge is 2.05. The number of fused-ring (bicyclic) bond motifs is 1. The van der Waals surface area contributed by atoms with Crippen molar-refractivity contribution < 1.29 is 13.6 Å². The summed E-state index contributed by atoms with van der Waals surface area (Å²) in [6, 6.07) is 11.5. The first-order valence-electron chi connectivity index (χ1n) is 8.48. The average Bonchev–Trinajstić information content (AvgIpc) is 2.99. The van der Waals surface area contributed by atoms with E-state index in [9.17, 15) is 14.0 Å². The van der Waals surface area contributed by atoms with Crippen LogP contribution >= 0.6 is 0 Å². The van der Waals surface area contributed by atoms with Crippen LogP contribution in [0, 0.1) is 5.82 Å². The van der Waals surface area contributed by atoms with E-state index in [4.69, 9.17) is 4.42 Å². The zero-order valence-electron chi connectivity index (χ0n) is 14.2. The van der Waals surface area contributed by atoms with Gasteiger partial charge in [-0.2, -0.15) is 0 Å². The van der Waals surface area contributed by atoms with Crippen LogP contribution in [0.15, 0.2) is 51.7 Å². The van der Waals surface area contributed by atoms with Crippen molar-refractivity contribution in [2.75, 3.05) is 18.4 Å². The van der Waals surface area contributed by atoms with Gasteiger partial charge in [0.2, 0.25) is 5.91 Å². The molecule has 0 bridgehead atoms. The molecule has 3 rings (SSSR count). The second-order valence-corrected chi connectivity index (χ2v) is 6.03. The Labute approximate surface area is 149 Å². The molecule has 0 aliphatic rings. The summed E-state index contributed by atoms with van der Waals surface area (Å²) < 4.78 is 17.8. The molecule has 0 fully saturated rings. The molecule has 7 heteroatoms. The fraction of sp³-hybridized carbons (Fsp3) is 0.263. The van der Waals surface area contributed by atoms with Gasteiger partial charge >= 0.3 is 5.76 Å². The predicted molar refractivity (Wildman–Crippen MR) is 97.7 cm³/mol. The minimum absolute atomic E-state index is 0.166. The number of halogens is 1. The smallest absolute Gasteiger partial charge is 0.408 e. The maximum atomic E-state index is 12.8. The molecular formula is C19H20FN3O3. The third-order valence-corrected chi connectivity index (χ3v) is 3.97. The van der Waals surface area contributed by atoms with Gasteiger partial charge < -0.3 is 15.1 Å². The number of hydrogen-bond acceptors (Lipinski definition) is 4. The number of aryl methyl sites for hydroxylation is 1. The number of hydrogen-bond donors (Lipinski definition) is 3. The van der Waals surface area contributed by atoms with Gasteiger partial charge in [-0.1, -0.05) is 12.1 Å². The fourth-order valence-electron chi connectivity index (χ4n) is 2.66. The van der Waals surface area contributed by atoms with E-state index in [-0.39, 0.29) is 18.3 Å². The Morgan fingerprint density at radius 1 is 1.12 bits per heavy atom. The molecule has 3 aromatic rings. The van der Waals surface area contributed by atoms with E-state index in [1.165, 1.54) is 12.1 Å². The second-order valence-electron chi connectivity index (χ2n) is 6.03. The molecule has 3 N–H and O–H groups in total. The number of unbranched alkanes of at least 4 members (excludes halogenated alkanes) is 1. The molecule has 0 atom stereocenters. The van der Waals surface area contributed by atoms with Gasteiger partial charge in [-0.05, 0) is 55.6 Å². The number of oxazole rings is 1. The lowest BCUT2D eigenvalue weighted by Crippen LogP contribution is -2.28. The number of H-pyrrole nitrogens is 1. The lowest BCUT2D eigenvalue weighted by molar-refractivity contribution is -0.115. The molecule has 0 spiro atoms. The molecule has 0 aliphatic carbocycles. The number of aromatic nitrogens is 1. The normalized spacial score (nSPS) is 11.0. The number of aromatic amines is 1. The van der Waals surface area contributed by atoms with Crippen molar-refractivity contribution in [2.24, 2.45) is 0 Å². The van der Waals surface area contributed by atoms with Crippen LogP contribution in [0.25, 0.3) is 11.1 Å². The van der Waals surface area contributed by atoms with E-state index in [2.05, 4.69) is 15.6 Å². The molecule has 1 aromatic heterocycles. The van der Waals surface area contributed by atoms with E-state index >= 15 is 0 Å². The van der Waals surface area contributed by atoms with Crippen molar-refractivity contribution in [3.8, 4) is 0 Å². The Bertz CT molecular complexity index is 931. The van der Waals surface area contributed by atoms with Gasteiger partial charge in [-0.3, -0.25) is 9.78 Å². The summed E-state index contributed by atoms with van der Waals surface area (Å²) in [4.78, 5) is 25.6. The molecular weight excluding hydrogens is 337 g/mol. The van der Waals surface area contributed by atoms with Crippen molar-refractivity contribution in [3.63, 3.8) is 0 Å². The number of anilines is 1. The zero-order valence-corrected chi connectivity index (χ0v) is 14.2. The van der Waals surface area contributed by atoms with E-state index in [1.807, 2.05) is 0 Å². The van der Waals surface area contributed by atoms with E-state index < -0.39 is 5.76 Å². The monoisotopic (exact) mass is 357 g/mol. The number of amides is 1. The quantitative estimate of drug-likeness (QED) is 0.541. The van der Waals surface area contributed by atoms with Gasteiger partial charge in [0.15, 0.2) is 5.58 Å². The summed E-state index contributed by atoms with van der Waals surface area (Å²) in [7, 11) is 0. The molecule has 2 aromatic carbocycles. The van der Waals surface area contributed by atoms with Gasteiger partial charge in [-0.15, -0.1) is 0 Å². The van der Waals surface area contributed by atoms with Crippen molar-refractivity contribution in [2.45, 2.75) is 19.3 Å². The lowest BCUT2D eigenvalue weighted by atomic mass is 10.1. The van der Waals surface area contributed by atoms with Crippen molar-refractivity contribution in [1.82, 2.24) is 10.3 Å². The summed E-state index contributed by atoms with van der Waals surface area (Å²) in [6.45, 7) is 0.923. The highest BCUT2D eigenvalue weighted by Crippen LogP contribution is 2.16. The van der Waals surface area contributed by atoms with E-state index in [1.54, 1.807) is 30.3 Å². The van der Waals surface area contributed by atoms with Crippen LogP contribution in [0.4, 0.5) is 10.1 Å². The number of benzene rings is 2. The number of carbonyl (C=O) groups is 1. The van der Waals surface area contributed by atoms with Crippen molar-refractivity contribution in [3.05, 3.63) is 64.4 Å². The molecule has 26 heavy (non-hydrogen) atoms. The Morgan fingerprint density at radius 2 is 1.92 bits per heavy atom. The van der Waals surface area contributed by atoms with Crippen LogP contribution in [0.3, 0.4) is 0 Å². The minimum Gasteiger partial charge on any atom is -0.408 e. The zero-order chi connectivity index (χ0) is 18.4. The number of rotatable bonds is 8. The minimum atomic E-state index is -0.522. The molecule has 0 saturated heterocycles. The molecule has 136 valence electrons. The predicted octanol–water partition coefficient (Wildman–Crippen LogP) is 2.81. The Hall–Kier alpha value is -2.93. The number of carbonyl (C=O) groups excluding carboxylic acids is 1. The molecule has 0 unspecified atom stereocenters. The summed E-state index contributed by atoms with van der Waals surface area (Å²) in [5.41, 5.74) is 2.67. The maximum absolute atomic E-state index is 12.8. The Kier molecular flexibility index (Phi) is 5.80. The van der Waals surface area contributed by atoms with Crippen LogP contribution in [0.2, 0.25) is 0 Å². The summed E-state index contributed by atoms with van der Waals surface area (Å²) in [6.07, 6.45) is 2.77. The first-order valence-corrected chi connectivity index (χ1v) is 8.48. The first-order chi connectivity index (χ1) is 12.6. The average molecular weight is 357 g/mol. The SMILES string of the molecule is O=C(CNCCCCc1ccc(F)cc1)Nc1ccc2[nH]c(=O)oc2c1. The summed E-state index contributed by atoms with van der Waals surface area (Å²) in [5.74, 6) is -0.911. The molecule has 0 radical (unpaired) electrons. The summed E-state index contributed by atoms with van der Waals surface area (Å²) in [5, 5.41) is 5.84. The topological polar surface area (TPSA) is 87.1 Å². The summed E-state index contributed by atoms with van der Waals surface area (Å²) >= 11 is 0. The van der Waals surface area contributed by atoms with Crippen molar-refractivity contribution >= 4 is 22.7 Å². The number of nitrogens with one attached hydrogen (secondary N) is 3. The highest BCUT2D eigenvalue weighted by atomic mass is 19.1. The molecule has 0 saturated carbocycles. The van der Waals surface area contributed by atoms with Gasteiger partial charge in [0.25, 0.3) is 0 Å². The largest absolute Gasteiger partial charge is 0.417 e. The van der Waals surface area contributed by atoms with Crippen LogP contribution < -0.4 is 16.4 Å². The highest BCUT2D eigenvalue weighted by molar-refractivity contribution is 5.93. The van der Waals surface area contributed by atoms with Crippen LogP contribution in [-0.4, -0.2) is 24.0 Å². The molecule has 6 nitrogen and oxygen atoms in total. The molecule has 1 amide bonds. The first kappa shape index (κ1) is 17.9. The molecule has 0 aliphatic heterocycles. The lowest BCUT2D eigenvalue weighted by Gasteiger charge is -2.07. The second kappa shape index (κ2) is 8.44. The Morgan fingerprint density at radius 3 is 2.73 bits per heavy atom.